The first kappa shape index (κ1) is 17.5. The van der Waals surface area contributed by atoms with Crippen molar-refractivity contribution in [2.45, 2.75) is 22.9 Å². The van der Waals surface area contributed by atoms with E-state index in [0.29, 0.717) is 6.07 Å². The van der Waals surface area contributed by atoms with E-state index in [1.807, 2.05) is 0 Å². The monoisotopic (exact) mass is 362 g/mol. The smallest absolute Gasteiger partial charge is 0.276 e. The molecule has 0 fully saturated rings. The van der Waals surface area contributed by atoms with E-state index in [-0.39, 0.29) is 16.0 Å². The normalized spacial score (nSPS) is 12.2. The summed E-state index contributed by atoms with van der Waals surface area (Å²) in [6.45, 7) is 1.32. The van der Waals surface area contributed by atoms with Crippen LogP contribution in [0.2, 0.25) is 0 Å². The largest absolute Gasteiger partial charge is 0.417 e. The Morgan fingerprint density at radius 1 is 1.09 bits per heavy atom. The molecule has 0 saturated carbocycles. The fourth-order valence-electron chi connectivity index (χ4n) is 2.06. The maximum absolute atomic E-state index is 13.3. The molecule has 0 aliphatic rings. The Hall–Kier alpha value is -1.86. The Bertz CT molecular complexity index is 860. The number of alkyl halides is 3. The highest BCUT2D eigenvalue weighted by atomic mass is 35.5. The van der Waals surface area contributed by atoms with Crippen molar-refractivity contribution in [1.29, 1.82) is 0 Å². The third-order valence-corrected chi connectivity index (χ3v) is 5.20. The summed E-state index contributed by atoms with van der Waals surface area (Å²) in [5.41, 5.74) is -1.76. The zero-order valence-electron chi connectivity index (χ0n) is 11.7. The maximum atomic E-state index is 13.3. The van der Waals surface area contributed by atoms with Crippen LogP contribution in [-0.2, 0) is 16.0 Å². The van der Waals surface area contributed by atoms with Crippen LogP contribution in [0.5, 0.6) is 0 Å². The first-order chi connectivity index (χ1) is 10.5. The first-order valence-electron chi connectivity index (χ1n) is 6.27. The van der Waals surface area contributed by atoms with Gasteiger partial charge in [-0.1, -0.05) is 18.2 Å². The molecular weight excluding hydrogens is 353 g/mol. The van der Waals surface area contributed by atoms with E-state index >= 15 is 0 Å². The van der Waals surface area contributed by atoms with Crippen LogP contribution in [0.1, 0.15) is 21.5 Å². The van der Waals surface area contributed by atoms with Crippen molar-refractivity contribution in [2.75, 3.05) is 0 Å². The number of hydrogen-bond acceptors (Lipinski definition) is 3. The highest BCUT2D eigenvalue weighted by Gasteiger charge is 2.38. The molecule has 0 amide bonds. The number of rotatable bonds is 3. The molecule has 0 atom stereocenters. The molecule has 0 saturated heterocycles. The average Bonchev–Trinajstić information content (AvgIpc) is 2.46. The fraction of sp³-hybridized carbons (Fsp3) is 0.133. The van der Waals surface area contributed by atoms with Crippen molar-refractivity contribution in [3.63, 3.8) is 0 Å². The molecule has 0 heterocycles. The van der Waals surface area contributed by atoms with Crippen molar-refractivity contribution in [1.82, 2.24) is 0 Å². The van der Waals surface area contributed by atoms with Gasteiger partial charge >= 0.3 is 6.18 Å². The summed E-state index contributed by atoms with van der Waals surface area (Å²) < 4.78 is 64.8. The van der Waals surface area contributed by atoms with Gasteiger partial charge in [-0.3, -0.25) is 4.79 Å². The van der Waals surface area contributed by atoms with Crippen LogP contribution >= 0.6 is 11.6 Å². The standard InChI is InChI=1S/C15H10ClF3O3S/c1-9-7-13(23(21,22)10-5-3-2-4-6-10)12(15(17,18)19)8-11(9)14(16)20/h2-8H,1H3. The summed E-state index contributed by atoms with van der Waals surface area (Å²) >= 11 is 5.26. The van der Waals surface area contributed by atoms with Crippen molar-refractivity contribution in [3.8, 4) is 0 Å². The first-order valence-corrected chi connectivity index (χ1v) is 8.13. The third-order valence-electron chi connectivity index (χ3n) is 3.19. The predicted octanol–water partition coefficient (Wildman–Crippen LogP) is 4.23. The summed E-state index contributed by atoms with van der Waals surface area (Å²) in [5, 5.41) is -1.09. The van der Waals surface area contributed by atoms with Crippen LogP contribution in [0.4, 0.5) is 13.2 Å². The van der Waals surface area contributed by atoms with Crippen molar-refractivity contribution >= 4 is 26.7 Å². The SMILES string of the molecule is Cc1cc(S(=O)(=O)c2ccccc2)c(C(F)(F)F)cc1C(=O)Cl. The number of carbonyl (C=O) groups is 1. The van der Waals surface area contributed by atoms with Gasteiger partial charge in [-0.15, -0.1) is 0 Å². The topological polar surface area (TPSA) is 51.2 Å². The van der Waals surface area contributed by atoms with Gasteiger partial charge in [-0.2, -0.15) is 13.2 Å². The van der Waals surface area contributed by atoms with Crippen LogP contribution in [0.3, 0.4) is 0 Å². The van der Waals surface area contributed by atoms with E-state index < -0.39 is 31.7 Å². The lowest BCUT2D eigenvalue weighted by atomic mass is 10.1. The van der Waals surface area contributed by atoms with E-state index in [0.717, 1.165) is 6.07 Å². The van der Waals surface area contributed by atoms with Gasteiger partial charge in [0.15, 0.2) is 0 Å². The Labute approximate surface area is 135 Å². The molecule has 2 aromatic carbocycles. The Morgan fingerprint density at radius 2 is 1.65 bits per heavy atom. The minimum Gasteiger partial charge on any atom is -0.276 e. The average molecular weight is 363 g/mol. The van der Waals surface area contributed by atoms with Gasteiger partial charge < -0.3 is 0 Å². The lowest BCUT2D eigenvalue weighted by Gasteiger charge is -2.16. The summed E-state index contributed by atoms with van der Waals surface area (Å²) in [7, 11) is -4.39. The molecular formula is C15H10ClF3O3S. The van der Waals surface area contributed by atoms with Gasteiger partial charge in [-0.25, -0.2) is 8.42 Å². The molecule has 0 N–H and O–H groups in total. The molecule has 0 bridgehead atoms. The highest BCUT2D eigenvalue weighted by Crippen LogP contribution is 2.38. The number of benzene rings is 2. The van der Waals surface area contributed by atoms with Crippen LogP contribution in [0.25, 0.3) is 0 Å². The molecule has 0 aromatic heterocycles. The van der Waals surface area contributed by atoms with Gasteiger partial charge in [0.05, 0.1) is 15.4 Å². The molecule has 0 spiro atoms. The van der Waals surface area contributed by atoms with Crippen LogP contribution < -0.4 is 0 Å². The molecule has 23 heavy (non-hydrogen) atoms. The minimum absolute atomic E-state index is 0.0486. The van der Waals surface area contributed by atoms with Crippen LogP contribution in [0, 0.1) is 6.92 Å². The van der Waals surface area contributed by atoms with E-state index in [1.165, 1.54) is 31.2 Å². The molecule has 122 valence electrons. The van der Waals surface area contributed by atoms with Gasteiger partial charge in [0.2, 0.25) is 9.84 Å². The zero-order chi connectivity index (χ0) is 17.4. The quantitative estimate of drug-likeness (QED) is 0.768. The van der Waals surface area contributed by atoms with Crippen LogP contribution in [-0.4, -0.2) is 13.7 Å². The molecule has 0 unspecified atom stereocenters. The highest BCUT2D eigenvalue weighted by molar-refractivity contribution is 7.91. The van der Waals surface area contributed by atoms with Gasteiger partial charge in [-0.05, 0) is 48.4 Å². The summed E-state index contributed by atoms with van der Waals surface area (Å²) in [4.78, 5) is 10.0. The molecule has 2 aromatic rings. The number of carbonyl (C=O) groups excluding carboxylic acids is 1. The second-order valence-electron chi connectivity index (χ2n) is 4.75. The lowest BCUT2D eigenvalue weighted by molar-refractivity contribution is -0.139. The lowest BCUT2D eigenvalue weighted by Crippen LogP contribution is -2.15. The van der Waals surface area contributed by atoms with E-state index in [1.54, 1.807) is 6.07 Å². The summed E-state index contributed by atoms with van der Waals surface area (Å²) in [6, 6.07) is 8.05. The Kier molecular flexibility index (Phi) is 4.54. The summed E-state index contributed by atoms with van der Waals surface area (Å²) in [6.07, 6.45) is -4.95. The number of aryl methyl sites for hydroxylation is 1. The molecule has 0 aliphatic heterocycles. The van der Waals surface area contributed by atoms with Gasteiger partial charge in [0.25, 0.3) is 5.24 Å². The molecule has 8 heteroatoms. The molecule has 2 rings (SSSR count). The maximum Gasteiger partial charge on any atom is 0.417 e. The van der Waals surface area contributed by atoms with Crippen molar-refractivity contribution < 1.29 is 26.4 Å². The molecule has 0 radical (unpaired) electrons. The number of hydrogen-bond donors (Lipinski definition) is 0. The minimum atomic E-state index is -4.95. The Morgan fingerprint density at radius 3 is 2.13 bits per heavy atom. The number of halogens is 4. The second-order valence-corrected chi connectivity index (χ2v) is 7.01. The van der Waals surface area contributed by atoms with Gasteiger partial charge in [0.1, 0.15) is 0 Å². The fourth-order valence-corrected chi connectivity index (χ4v) is 3.83. The Balaban J connectivity index is 2.82. The molecule has 0 aliphatic carbocycles. The number of sulfone groups is 1. The second kappa shape index (κ2) is 5.98. The summed E-state index contributed by atoms with van der Waals surface area (Å²) in [5.74, 6) is 0. The van der Waals surface area contributed by atoms with Crippen molar-refractivity contribution in [2.24, 2.45) is 0 Å². The van der Waals surface area contributed by atoms with Crippen molar-refractivity contribution in [3.05, 3.63) is 59.2 Å². The van der Waals surface area contributed by atoms with E-state index in [2.05, 4.69) is 0 Å². The van der Waals surface area contributed by atoms with E-state index in [9.17, 15) is 26.4 Å². The third kappa shape index (κ3) is 3.40. The zero-order valence-corrected chi connectivity index (χ0v) is 13.3. The predicted molar refractivity (Wildman–Crippen MR) is 78.3 cm³/mol. The van der Waals surface area contributed by atoms with Gasteiger partial charge in [0, 0.05) is 5.56 Å². The van der Waals surface area contributed by atoms with Crippen LogP contribution in [0.15, 0.2) is 52.3 Å². The molecule has 3 nitrogen and oxygen atoms in total. The van der Waals surface area contributed by atoms with E-state index in [4.69, 9.17) is 11.6 Å².